The summed E-state index contributed by atoms with van der Waals surface area (Å²) in [7, 11) is 3.21. The normalized spacial score (nSPS) is 16.5. The highest BCUT2D eigenvalue weighted by Gasteiger charge is 2.30. The Kier molecular flexibility index (Phi) is 5.65. The Morgan fingerprint density at radius 1 is 1.20 bits per heavy atom. The van der Waals surface area contributed by atoms with E-state index in [1.165, 1.54) is 10.9 Å². The Morgan fingerprint density at radius 2 is 2.00 bits per heavy atom. The highest BCUT2D eigenvalue weighted by molar-refractivity contribution is 5.94. The number of methoxy groups -OCH3 is 1. The second-order valence-corrected chi connectivity index (χ2v) is 7.52. The van der Waals surface area contributed by atoms with E-state index in [1.54, 1.807) is 30.9 Å². The van der Waals surface area contributed by atoms with Crippen LogP contribution in [0.1, 0.15) is 40.5 Å². The molecule has 0 spiro atoms. The van der Waals surface area contributed by atoms with Crippen LogP contribution in [0.5, 0.6) is 5.88 Å². The molecule has 3 heterocycles. The lowest BCUT2D eigenvalue weighted by Gasteiger charge is -2.32. The number of rotatable bonds is 5. The van der Waals surface area contributed by atoms with Gasteiger partial charge < -0.3 is 9.64 Å². The number of aryl methyl sites for hydroxylation is 1. The van der Waals surface area contributed by atoms with Crippen LogP contribution < -0.4 is 10.4 Å². The summed E-state index contributed by atoms with van der Waals surface area (Å²) in [6.45, 7) is 1.67. The van der Waals surface area contributed by atoms with Crippen LogP contribution in [0, 0.1) is 0 Å². The summed E-state index contributed by atoms with van der Waals surface area (Å²) < 4.78 is 8.17. The molecule has 0 bridgehead atoms. The Labute approximate surface area is 174 Å². The van der Waals surface area contributed by atoms with Crippen molar-refractivity contribution in [2.75, 3.05) is 20.2 Å². The van der Waals surface area contributed by atoms with Crippen molar-refractivity contribution < 1.29 is 9.53 Å². The van der Waals surface area contributed by atoms with Gasteiger partial charge in [0.1, 0.15) is 5.82 Å². The van der Waals surface area contributed by atoms with E-state index in [9.17, 15) is 9.59 Å². The van der Waals surface area contributed by atoms with E-state index in [1.807, 2.05) is 35.2 Å². The molecule has 1 aliphatic heterocycles. The van der Waals surface area contributed by atoms with Crippen LogP contribution in [0.25, 0.3) is 0 Å². The number of pyridine rings is 1. The molecule has 8 nitrogen and oxygen atoms in total. The molecule has 4 rings (SSSR count). The minimum Gasteiger partial charge on any atom is -0.481 e. The zero-order valence-electron chi connectivity index (χ0n) is 17.2. The van der Waals surface area contributed by atoms with Gasteiger partial charge in [-0.1, -0.05) is 30.3 Å². The van der Waals surface area contributed by atoms with E-state index in [0.717, 1.165) is 24.2 Å². The summed E-state index contributed by atoms with van der Waals surface area (Å²) in [5.74, 6) is 1.15. The van der Waals surface area contributed by atoms with Crippen LogP contribution in [-0.4, -0.2) is 50.3 Å². The third-order valence-electron chi connectivity index (χ3n) is 5.49. The molecule has 1 fully saturated rings. The first-order valence-electron chi connectivity index (χ1n) is 10.0. The Bertz CT molecular complexity index is 1070. The summed E-state index contributed by atoms with van der Waals surface area (Å²) in [4.78, 5) is 31.6. The topological polar surface area (TPSA) is 82.3 Å². The fraction of sp³-hybridized carbons (Fsp3) is 0.364. The number of aromatic nitrogens is 4. The van der Waals surface area contributed by atoms with E-state index in [2.05, 4.69) is 10.1 Å². The SMILES string of the molecule is COc1ccc(C(=O)N2CCCC(c3nn(C)c(=O)n3Cc3ccccc3)C2)cn1. The molecule has 0 radical (unpaired) electrons. The van der Waals surface area contributed by atoms with E-state index in [-0.39, 0.29) is 17.5 Å². The van der Waals surface area contributed by atoms with Crippen molar-refractivity contribution in [2.45, 2.75) is 25.3 Å². The summed E-state index contributed by atoms with van der Waals surface area (Å²) in [5.41, 5.74) is 1.43. The summed E-state index contributed by atoms with van der Waals surface area (Å²) in [5, 5.41) is 4.52. The molecule has 2 aromatic heterocycles. The molecule has 0 aliphatic carbocycles. The minimum atomic E-state index is -0.142. The zero-order valence-corrected chi connectivity index (χ0v) is 17.2. The maximum atomic E-state index is 13.0. The van der Waals surface area contributed by atoms with Crippen LogP contribution in [0.4, 0.5) is 0 Å². The molecular weight excluding hydrogens is 382 g/mol. The monoisotopic (exact) mass is 407 g/mol. The van der Waals surface area contributed by atoms with Gasteiger partial charge in [-0.2, -0.15) is 5.10 Å². The van der Waals surface area contributed by atoms with Gasteiger partial charge in [0, 0.05) is 38.3 Å². The van der Waals surface area contributed by atoms with Gasteiger partial charge in [0.2, 0.25) is 5.88 Å². The number of ether oxygens (including phenoxy) is 1. The van der Waals surface area contributed by atoms with Crippen molar-refractivity contribution in [2.24, 2.45) is 7.05 Å². The Hall–Kier alpha value is -3.42. The quantitative estimate of drug-likeness (QED) is 0.647. The van der Waals surface area contributed by atoms with E-state index in [4.69, 9.17) is 4.74 Å². The number of carbonyl (C=O) groups is 1. The average Bonchev–Trinajstić information content (AvgIpc) is 3.08. The molecular formula is C22H25N5O3. The summed E-state index contributed by atoms with van der Waals surface area (Å²) in [6.07, 6.45) is 3.28. The molecule has 0 N–H and O–H groups in total. The number of hydrogen-bond acceptors (Lipinski definition) is 5. The number of piperidine rings is 1. The molecule has 156 valence electrons. The molecule has 3 aromatic rings. The number of likely N-dealkylation sites (tertiary alicyclic amines) is 1. The Balaban J connectivity index is 1.56. The molecule has 1 amide bonds. The van der Waals surface area contributed by atoms with Gasteiger partial charge in [0.15, 0.2) is 0 Å². The molecule has 1 unspecified atom stereocenters. The van der Waals surface area contributed by atoms with Gasteiger partial charge in [-0.25, -0.2) is 14.5 Å². The third-order valence-corrected chi connectivity index (χ3v) is 5.49. The van der Waals surface area contributed by atoms with Crippen molar-refractivity contribution in [3.63, 3.8) is 0 Å². The third kappa shape index (κ3) is 3.98. The number of carbonyl (C=O) groups excluding carboxylic acids is 1. The lowest BCUT2D eigenvalue weighted by atomic mass is 9.96. The number of amides is 1. The molecule has 1 saturated heterocycles. The second kappa shape index (κ2) is 8.52. The van der Waals surface area contributed by atoms with Crippen LogP contribution in [-0.2, 0) is 13.6 Å². The number of nitrogens with zero attached hydrogens (tertiary/aromatic N) is 5. The van der Waals surface area contributed by atoms with Crippen molar-refractivity contribution in [1.82, 2.24) is 24.2 Å². The molecule has 1 atom stereocenters. The molecule has 30 heavy (non-hydrogen) atoms. The number of benzene rings is 1. The fourth-order valence-electron chi connectivity index (χ4n) is 3.92. The first kappa shape index (κ1) is 19.9. The highest BCUT2D eigenvalue weighted by Crippen LogP contribution is 2.26. The van der Waals surface area contributed by atoms with Crippen LogP contribution in [0.3, 0.4) is 0 Å². The van der Waals surface area contributed by atoms with Gasteiger partial charge in [-0.3, -0.25) is 9.36 Å². The second-order valence-electron chi connectivity index (χ2n) is 7.52. The maximum Gasteiger partial charge on any atom is 0.345 e. The average molecular weight is 407 g/mol. The van der Waals surface area contributed by atoms with Crippen molar-refractivity contribution >= 4 is 5.91 Å². The molecule has 0 saturated carbocycles. The van der Waals surface area contributed by atoms with Gasteiger partial charge in [0.05, 0.1) is 19.2 Å². The zero-order chi connectivity index (χ0) is 21.1. The largest absolute Gasteiger partial charge is 0.481 e. The summed E-state index contributed by atoms with van der Waals surface area (Å²) in [6, 6.07) is 13.3. The minimum absolute atomic E-state index is 0.00604. The van der Waals surface area contributed by atoms with E-state index in [0.29, 0.717) is 31.1 Å². The van der Waals surface area contributed by atoms with Gasteiger partial charge in [-0.15, -0.1) is 0 Å². The van der Waals surface area contributed by atoms with Crippen LogP contribution in [0.2, 0.25) is 0 Å². The molecule has 1 aromatic carbocycles. The maximum absolute atomic E-state index is 13.0. The van der Waals surface area contributed by atoms with Crippen LogP contribution in [0.15, 0.2) is 53.5 Å². The first-order valence-corrected chi connectivity index (χ1v) is 10.0. The van der Waals surface area contributed by atoms with E-state index < -0.39 is 0 Å². The van der Waals surface area contributed by atoms with Gasteiger partial charge in [-0.05, 0) is 24.5 Å². The Morgan fingerprint density at radius 3 is 2.70 bits per heavy atom. The van der Waals surface area contributed by atoms with Gasteiger partial charge in [0.25, 0.3) is 5.91 Å². The lowest BCUT2D eigenvalue weighted by molar-refractivity contribution is 0.0702. The van der Waals surface area contributed by atoms with Gasteiger partial charge >= 0.3 is 5.69 Å². The van der Waals surface area contributed by atoms with E-state index >= 15 is 0 Å². The molecule has 8 heteroatoms. The smallest absolute Gasteiger partial charge is 0.345 e. The summed E-state index contributed by atoms with van der Waals surface area (Å²) >= 11 is 0. The predicted octanol–water partition coefficient (Wildman–Crippen LogP) is 2.05. The van der Waals surface area contributed by atoms with Crippen molar-refractivity contribution in [3.8, 4) is 5.88 Å². The highest BCUT2D eigenvalue weighted by atomic mass is 16.5. The molecule has 1 aliphatic rings. The lowest BCUT2D eigenvalue weighted by Crippen LogP contribution is -2.40. The van der Waals surface area contributed by atoms with Crippen LogP contribution >= 0.6 is 0 Å². The first-order chi connectivity index (χ1) is 14.6. The number of hydrogen-bond donors (Lipinski definition) is 0. The standard InChI is InChI=1S/C22H25N5O3/c1-25-22(29)27(14-16-7-4-3-5-8-16)20(24-25)18-9-6-12-26(15-18)21(28)17-10-11-19(30-2)23-13-17/h3-5,7-8,10-11,13,18H,6,9,12,14-15H2,1-2H3. The van der Waals surface area contributed by atoms with Crippen molar-refractivity contribution in [1.29, 1.82) is 0 Å². The van der Waals surface area contributed by atoms with Crippen molar-refractivity contribution in [3.05, 3.63) is 76.1 Å². The predicted molar refractivity (Wildman–Crippen MR) is 112 cm³/mol. The fourth-order valence-corrected chi connectivity index (χ4v) is 3.92.